The van der Waals surface area contributed by atoms with Gasteiger partial charge in [-0.1, -0.05) is 27.2 Å². The maximum absolute atomic E-state index is 11.8. The summed E-state index contributed by atoms with van der Waals surface area (Å²) in [6.07, 6.45) is 4.78. The van der Waals surface area contributed by atoms with E-state index >= 15 is 0 Å². The second-order valence-electron chi connectivity index (χ2n) is 4.27. The van der Waals surface area contributed by atoms with Crippen LogP contribution in [0.5, 0.6) is 0 Å². The third-order valence-corrected chi connectivity index (χ3v) is 2.78. The van der Waals surface area contributed by atoms with Gasteiger partial charge in [-0.25, -0.2) is 0 Å². The van der Waals surface area contributed by atoms with Crippen molar-refractivity contribution in [3.63, 3.8) is 0 Å². The molecule has 0 aromatic heterocycles. The summed E-state index contributed by atoms with van der Waals surface area (Å²) >= 11 is 0. The molecule has 0 aliphatic carbocycles. The van der Waals surface area contributed by atoms with E-state index < -0.39 is 0 Å². The Morgan fingerprint density at radius 1 is 1.54 bits per heavy atom. The summed E-state index contributed by atoms with van der Waals surface area (Å²) in [6.45, 7) is 7.16. The number of amides is 1. The van der Waals surface area contributed by atoms with Gasteiger partial charge in [-0.05, 0) is 19.3 Å². The number of carbonyl (C=O) groups excluding carboxylic acids is 1. The Kier molecular flexibility index (Phi) is 3.76. The molecule has 1 saturated heterocycles. The molecule has 1 amide bonds. The summed E-state index contributed by atoms with van der Waals surface area (Å²) in [7, 11) is 0. The number of nitrogens with zero attached hydrogens (tertiary/aromatic N) is 1. The summed E-state index contributed by atoms with van der Waals surface area (Å²) in [5.41, 5.74) is 0. The smallest absolute Gasteiger partial charge is 0.225 e. The van der Waals surface area contributed by atoms with Crippen LogP contribution in [0, 0.1) is 5.92 Å². The van der Waals surface area contributed by atoms with Gasteiger partial charge < -0.3 is 4.90 Å². The molecule has 1 aliphatic rings. The molecule has 76 valence electrons. The van der Waals surface area contributed by atoms with Crippen molar-refractivity contribution in [1.82, 2.24) is 4.90 Å². The van der Waals surface area contributed by atoms with Crippen LogP contribution < -0.4 is 0 Å². The zero-order valence-electron chi connectivity index (χ0n) is 9.05. The fourth-order valence-electron chi connectivity index (χ4n) is 2.09. The second-order valence-corrected chi connectivity index (χ2v) is 4.27. The lowest BCUT2D eigenvalue weighted by atomic mass is 10.1. The van der Waals surface area contributed by atoms with Gasteiger partial charge >= 0.3 is 0 Å². The van der Waals surface area contributed by atoms with Crippen molar-refractivity contribution in [3.8, 4) is 0 Å². The first-order valence-electron chi connectivity index (χ1n) is 5.47. The van der Waals surface area contributed by atoms with E-state index in [1.54, 1.807) is 0 Å². The van der Waals surface area contributed by atoms with E-state index in [9.17, 15) is 4.79 Å². The highest BCUT2D eigenvalue weighted by Gasteiger charge is 2.28. The van der Waals surface area contributed by atoms with Crippen molar-refractivity contribution in [2.75, 3.05) is 6.54 Å². The first-order chi connectivity index (χ1) is 6.16. The number of hydrogen-bond acceptors (Lipinski definition) is 1. The molecule has 1 fully saturated rings. The van der Waals surface area contributed by atoms with Gasteiger partial charge in [0.05, 0.1) is 0 Å². The highest BCUT2D eigenvalue weighted by Crippen LogP contribution is 2.22. The maximum atomic E-state index is 11.8. The highest BCUT2D eigenvalue weighted by molar-refractivity contribution is 5.78. The average Bonchev–Trinajstić information content (AvgIpc) is 2.52. The molecule has 1 aliphatic heterocycles. The third kappa shape index (κ3) is 2.45. The van der Waals surface area contributed by atoms with Gasteiger partial charge in [0.2, 0.25) is 5.91 Å². The van der Waals surface area contributed by atoms with Crippen LogP contribution in [-0.2, 0) is 4.79 Å². The number of carbonyl (C=O) groups is 1. The Bertz CT molecular complexity index is 177. The van der Waals surface area contributed by atoms with E-state index in [4.69, 9.17) is 0 Å². The second kappa shape index (κ2) is 4.64. The van der Waals surface area contributed by atoms with E-state index in [1.165, 1.54) is 25.7 Å². The van der Waals surface area contributed by atoms with E-state index in [1.807, 2.05) is 13.8 Å². The highest BCUT2D eigenvalue weighted by atomic mass is 16.2. The zero-order chi connectivity index (χ0) is 9.84. The van der Waals surface area contributed by atoms with Crippen molar-refractivity contribution in [1.29, 1.82) is 0 Å². The van der Waals surface area contributed by atoms with Crippen molar-refractivity contribution >= 4 is 5.91 Å². The minimum atomic E-state index is 0.164. The summed E-state index contributed by atoms with van der Waals surface area (Å²) in [5, 5.41) is 0. The molecule has 0 unspecified atom stereocenters. The summed E-state index contributed by atoms with van der Waals surface area (Å²) < 4.78 is 0. The fourth-order valence-corrected chi connectivity index (χ4v) is 2.09. The molecule has 1 atom stereocenters. The monoisotopic (exact) mass is 183 g/mol. The van der Waals surface area contributed by atoms with Crippen molar-refractivity contribution in [2.24, 2.45) is 5.92 Å². The van der Waals surface area contributed by atoms with Gasteiger partial charge in [-0.2, -0.15) is 0 Å². The predicted molar refractivity (Wildman–Crippen MR) is 54.5 cm³/mol. The Balaban J connectivity index is 2.52. The van der Waals surface area contributed by atoms with E-state index in [0.29, 0.717) is 11.9 Å². The molecule has 1 rings (SSSR count). The normalized spacial score (nSPS) is 22.8. The Morgan fingerprint density at radius 2 is 2.23 bits per heavy atom. The SMILES string of the molecule is CCC[C@@H]1CCCN1C(=O)C(C)C. The van der Waals surface area contributed by atoms with E-state index in [0.717, 1.165) is 6.54 Å². The van der Waals surface area contributed by atoms with Crippen LogP contribution in [0.4, 0.5) is 0 Å². The molecular formula is C11H21NO. The molecule has 1 heterocycles. The molecule has 0 spiro atoms. The molecule has 2 nitrogen and oxygen atoms in total. The molecule has 0 aromatic carbocycles. The van der Waals surface area contributed by atoms with Crippen LogP contribution >= 0.6 is 0 Å². The molecular weight excluding hydrogens is 162 g/mol. The Labute approximate surface area is 81.3 Å². The van der Waals surface area contributed by atoms with Crippen LogP contribution in [-0.4, -0.2) is 23.4 Å². The number of rotatable bonds is 3. The van der Waals surface area contributed by atoms with Crippen LogP contribution in [0.15, 0.2) is 0 Å². The van der Waals surface area contributed by atoms with Crippen LogP contribution in [0.1, 0.15) is 46.5 Å². The van der Waals surface area contributed by atoms with Gasteiger partial charge in [0, 0.05) is 18.5 Å². The molecule has 0 saturated carbocycles. The van der Waals surface area contributed by atoms with E-state index in [-0.39, 0.29) is 5.92 Å². The number of hydrogen-bond donors (Lipinski definition) is 0. The van der Waals surface area contributed by atoms with Gasteiger partial charge in [0.25, 0.3) is 0 Å². The third-order valence-electron chi connectivity index (χ3n) is 2.78. The first-order valence-corrected chi connectivity index (χ1v) is 5.47. The molecule has 0 N–H and O–H groups in total. The van der Waals surface area contributed by atoms with Gasteiger partial charge in [0.15, 0.2) is 0 Å². The summed E-state index contributed by atoms with van der Waals surface area (Å²) in [4.78, 5) is 13.8. The Morgan fingerprint density at radius 3 is 2.77 bits per heavy atom. The molecule has 0 radical (unpaired) electrons. The minimum absolute atomic E-state index is 0.164. The minimum Gasteiger partial charge on any atom is -0.339 e. The maximum Gasteiger partial charge on any atom is 0.225 e. The molecule has 0 bridgehead atoms. The first kappa shape index (κ1) is 10.6. The molecule has 2 heteroatoms. The van der Waals surface area contributed by atoms with Gasteiger partial charge in [0.1, 0.15) is 0 Å². The lowest BCUT2D eigenvalue weighted by Crippen LogP contribution is -2.38. The molecule has 13 heavy (non-hydrogen) atoms. The summed E-state index contributed by atoms with van der Waals surface area (Å²) in [6, 6.07) is 0.542. The lowest BCUT2D eigenvalue weighted by molar-refractivity contribution is -0.135. The van der Waals surface area contributed by atoms with Crippen LogP contribution in [0.25, 0.3) is 0 Å². The average molecular weight is 183 g/mol. The van der Waals surface area contributed by atoms with Crippen LogP contribution in [0.2, 0.25) is 0 Å². The lowest BCUT2D eigenvalue weighted by Gasteiger charge is -2.26. The van der Waals surface area contributed by atoms with Crippen molar-refractivity contribution in [3.05, 3.63) is 0 Å². The summed E-state index contributed by atoms with van der Waals surface area (Å²) in [5.74, 6) is 0.508. The fraction of sp³-hybridized carbons (Fsp3) is 0.909. The standard InChI is InChI=1S/C11H21NO/c1-4-6-10-7-5-8-12(10)11(13)9(2)3/h9-10H,4-8H2,1-3H3/t10-/m1/s1. The van der Waals surface area contributed by atoms with Gasteiger partial charge in [-0.3, -0.25) is 4.79 Å². The van der Waals surface area contributed by atoms with E-state index in [2.05, 4.69) is 11.8 Å². The van der Waals surface area contributed by atoms with Crippen molar-refractivity contribution < 1.29 is 4.79 Å². The largest absolute Gasteiger partial charge is 0.339 e. The zero-order valence-corrected chi connectivity index (χ0v) is 9.05. The molecule has 0 aromatic rings. The topological polar surface area (TPSA) is 20.3 Å². The predicted octanol–water partition coefficient (Wildman–Crippen LogP) is 2.43. The quantitative estimate of drug-likeness (QED) is 0.658. The van der Waals surface area contributed by atoms with Gasteiger partial charge in [-0.15, -0.1) is 0 Å². The Hall–Kier alpha value is -0.530. The van der Waals surface area contributed by atoms with Crippen molar-refractivity contribution in [2.45, 2.75) is 52.5 Å². The van der Waals surface area contributed by atoms with Crippen LogP contribution in [0.3, 0.4) is 0 Å². The number of likely N-dealkylation sites (tertiary alicyclic amines) is 1.